The average Bonchev–Trinajstić information content (AvgIpc) is 2.84. The maximum absolute atomic E-state index is 12.2. The smallest absolute Gasteiger partial charge is 0.248 e. The maximum Gasteiger partial charge on any atom is 0.248 e. The number of aryl methyl sites for hydroxylation is 1. The number of nitrogens with one attached hydrogen (secondary N) is 2. The van der Waals surface area contributed by atoms with Crippen LogP contribution in [0.3, 0.4) is 0 Å². The van der Waals surface area contributed by atoms with Crippen LogP contribution in [-0.2, 0) is 9.59 Å². The fraction of sp³-hybridized carbons (Fsp3) is 0.692. The molecule has 0 bridgehead atoms. The molecule has 20 heavy (non-hydrogen) atoms. The van der Waals surface area contributed by atoms with E-state index in [2.05, 4.69) is 20.5 Å². The van der Waals surface area contributed by atoms with E-state index in [-0.39, 0.29) is 17.7 Å². The van der Waals surface area contributed by atoms with Gasteiger partial charge < -0.3 is 4.90 Å². The first-order valence-electron chi connectivity index (χ1n) is 7.07. The highest BCUT2D eigenvalue weighted by atomic mass is 16.2. The summed E-state index contributed by atoms with van der Waals surface area (Å²) in [5.41, 5.74) is 0. The lowest BCUT2D eigenvalue weighted by Gasteiger charge is -2.31. The average molecular weight is 279 g/mol. The summed E-state index contributed by atoms with van der Waals surface area (Å²) in [6.45, 7) is 5.00. The second-order valence-corrected chi connectivity index (χ2v) is 5.16. The lowest BCUT2D eigenvalue weighted by Crippen LogP contribution is -2.43. The fourth-order valence-electron chi connectivity index (χ4n) is 2.40. The molecule has 1 atom stereocenters. The van der Waals surface area contributed by atoms with E-state index in [9.17, 15) is 9.59 Å². The van der Waals surface area contributed by atoms with Gasteiger partial charge in [-0.25, -0.2) is 0 Å². The molecule has 0 radical (unpaired) electrons. The van der Waals surface area contributed by atoms with Crippen molar-refractivity contribution in [1.82, 2.24) is 20.1 Å². The molecule has 2 heterocycles. The van der Waals surface area contributed by atoms with Gasteiger partial charge in [0.15, 0.2) is 0 Å². The van der Waals surface area contributed by atoms with Crippen LogP contribution >= 0.6 is 0 Å². The standard InChI is InChI=1S/C13H21N5O2/c1-3-5-11(19)18-7-4-6-10(8-18)12(20)15-13-14-9(2)16-17-13/h10H,3-8H2,1-2H3,(H2,14,15,16,17,20)/t10-/m0/s1. The van der Waals surface area contributed by atoms with E-state index in [0.717, 1.165) is 25.8 Å². The number of rotatable bonds is 4. The van der Waals surface area contributed by atoms with Crippen LogP contribution in [-0.4, -0.2) is 45.0 Å². The maximum atomic E-state index is 12.2. The number of carbonyl (C=O) groups excluding carboxylic acids is 2. The van der Waals surface area contributed by atoms with Gasteiger partial charge >= 0.3 is 0 Å². The van der Waals surface area contributed by atoms with Crippen LogP contribution in [0.4, 0.5) is 5.95 Å². The third-order valence-corrected chi connectivity index (χ3v) is 3.44. The van der Waals surface area contributed by atoms with Crippen molar-refractivity contribution in [1.29, 1.82) is 0 Å². The van der Waals surface area contributed by atoms with Crippen LogP contribution in [0, 0.1) is 12.8 Å². The topological polar surface area (TPSA) is 91.0 Å². The van der Waals surface area contributed by atoms with Crippen molar-refractivity contribution in [2.45, 2.75) is 39.5 Å². The largest absolute Gasteiger partial charge is 0.342 e. The van der Waals surface area contributed by atoms with Gasteiger partial charge in [-0.2, -0.15) is 4.98 Å². The van der Waals surface area contributed by atoms with Gasteiger partial charge in [-0.3, -0.25) is 20.0 Å². The van der Waals surface area contributed by atoms with Gasteiger partial charge in [0.25, 0.3) is 0 Å². The molecule has 7 heteroatoms. The Bertz CT molecular complexity index is 485. The minimum atomic E-state index is -0.177. The SMILES string of the molecule is CCCC(=O)N1CCC[C@H](C(=O)Nc2n[nH]c(C)n2)C1. The monoisotopic (exact) mass is 279 g/mol. The zero-order valence-corrected chi connectivity index (χ0v) is 12.0. The van der Waals surface area contributed by atoms with E-state index in [4.69, 9.17) is 0 Å². The lowest BCUT2D eigenvalue weighted by molar-refractivity contribution is -0.134. The summed E-state index contributed by atoms with van der Waals surface area (Å²) in [6, 6.07) is 0. The zero-order chi connectivity index (χ0) is 14.5. The first-order valence-corrected chi connectivity index (χ1v) is 7.07. The van der Waals surface area contributed by atoms with E-state index in [1.807, 2.05) is 6.92 Å². The van der Waals surface area contributed by atoms with Crippen LogP contribution in [0.2, 0.25) is 0 Å². The second kappa shape index (κ2) is 6.49. The summed E-state index contributed by atoms with van der Waals surface area (Å²) in [4.78, 5) is 29.9. The molecule has 0 aromatic carbocycles. The van der Waals surface area contributed by atoms with E-state index >= 15 is 0 Å². The van der Waals surface area contributed by atoms with Crippen LogP contribution in [0.15, 0.2) is 0 Å². The number of piperidine rings is 1. The number of aromatic amines is 1. The molecular formula is C13H21N5O2. The molecule has 1 fully saturated rings. The van der Waals surface area contributed by atoms with Gasteiger partial charge in [-0.05, 0) is 26.2 Å². The third-order valence-electron chi connectivity index (χ3n) is 3.44. The Labute approximate surface area is 118 Å². The van der Waals surface area contributed by atoms with Gasteiger partial charge in [0.2, 0.25) is 17.8 Å². The molecule has 0 spiro atoms. The van der Waals surface area contributed by atoms with Crippen molar-refractivity contribution in [2.75, 3.05) is 18.4 Å². The number of H-pyrrole nitrogens is 1. The molecule has 1 aliphatic rings. The van der Waals surface area contributed by atoms with Crippen LogP contribution in [0.25, 0.3) is 0 Å². The van der Waals surface area contributed by atoms with Crippen molar-refractivity contribution in [3.05, 3.63) is 5.82 Å². The van der Waals surface area contributed by atoms with Crippen molar-refractivity contribution in [3.63, 3.8) is 0 Å². The highest BCUT2D eigenvalue weighted by Crippen LogP contribution is 2.19. The summed E-state index contributed by atoms with van der Waals surface area (Å²) in [6.07, 6.45) is 3.04. The van der Waals surface area contributed by atoms with Crippen molar-refractivity contribution < 1.29 is 9.59 Å². The van der Waals surface area contributed by atoms with E-state index in [1.54, 1.807) is 11.8 Å². The number of nitrogens with zero attached hydrogens (tertiary/aromatic N) is 3. The molecule has 1 aromatic heterocycles. The molecule has 0 saturated carbocycles. The van der Waals surface area contributed by atoms with Crippen molar-refractivity contribution >= 4 is 17.8 Å². The quantitative estimate of drug-likeness (QED) is 0.863. The van der Waals surface area contributed by atoms with E-state index < -0.39 is 0 Å². The Morgan fingerprint density at radius 3 is 2.95 bits per heavy atom. The summed E-state index contributed by atoms with van der Waals surface area (Å²) in [7, 11) is 0. The number of hydrogen-bond acceptors (Lipinski definition) is 4. The molecule has 1 aromatic rings. The predicted octanol–water partition coefficient (Wildman–Crippen LogP) is 1.09. The molecule has 2 amide bonds. The van der Waals surface area contributed by atoms with Gasteiger partial charge in [0.05, 0.1) is 5.92 Å². The lowest BCUT2D eigenvalue weighted by atomic mass is 9.97. The molecule has 2 rings (SSSR count). The summed E-state index contributed by atoms with van der Waals surface area (Å²) in [5, 5.41) is 9.26. The van der Waals surface area contributed by atoms with Crippen LogP contribution in [0.1, 0.15) is 38.4 Å². The summed E-state index contributed by atoms with van der Waals surface area (Å²) >= 11 is 0. The van der Waals surface area contributed by atoms with E-state index in [1.165, 1.54) is 0 Å². The number of aromatic nitrogens is 3. The predicted molar refractivity (Wildman–Crippen MR) is 74.0 cm³/mol. The van der Waals surface area contributed by atoms with Crippen LogP contribution < -0.4 is 5.32 Å². The van der Waals surface area contributed by atoms with Gasteiger partial charge in [0.1, 0.15) is 5.82 Å². The Morgan fingerprint density at radius 1 is 1.50 bits per heavy atom. The molecular weight excluding hydrogens is 258 g/mol. The van der Waals surface area contributed by atoms with E-state index in [0.29, 0.717) is 24.7 Å². The van der Waals surface area contributed by atoms with Crippen molar-refractivity contribution in [2.24, 2.45) is 5.92 Å². The minimum Gasteiger partial charge on any atom is -0.342 e. The number of amides is 2. The Kier molecular flexibility index (Phi) is 4.70. The molecule has 0 aliphatic carbocycles. The first kappa shape index (κ1) is 14.5. The van der Waals surface area contributed by atoms with Gasteiger partial charge in [-0.15, -0.1) is 5.10 Å². The van der Waals surface area contributed by atoms with Crippen molar-refractivity contribution in [3.8, 4) is 0 Å². The summed E-state index contributed by atoms with van der Waals surface area (Å²) < 4.78 is 0. The number of hydrogen-bond donors (Lipinski definition) is 2. The number of carbonyl (C=O) groups is 2. The molecule has 7 nitrogen and oxygen atoms in total. The Morgan fingerprint density at radius 2 is 2.30 bits per heavy atom. The third kappa shape index (κ3) is 3.55. The number of anilines is 1. The highest BCUT2D eigenvalue weighted by Gasteiger charge is 2.28. The molecule has 1 saturated heterocycles. The van der Waals surface area contributed by atoms with Crippen LogP contribution in [0.5, 0.6) is 0 Å². The zero-order valence-electron chi connectivity index (χ0n) is 12.0. The highest BCUT2D eigenvalue weighted by molar-refractivity contribution is 5.91. The van der Waals surface area contributed by atoms with Gasteiger partial charge in [-0.1, -0.05) is 6.92 Å². The molecule has 1 aliphatic heterocycles. The molecule has 2 N–H and O–H groups in total. The number of likely N-dealkylation sites (tertiary alicyclic amines) is 1. The molecule has 110 valence electrons. The fourth-order valence-corrected chi connectivity index (χ4v) is 2.40. The Hall–Kier alpha value is -1.92. The van der Waals surface area contributed by atoms with Gasteiger partial charge in [0, 0.05) is 19.5 Å². The summed E-state index contributed by atoms with van der Waals surface area (Å²) in [5.74, 6) is 0.799. The molecule has 0 unspecified atom stereocenters. The normalized spacial score (nSPS) is 18.9. The first-order chi connectivity index (χ1) is 9.60. The second-order valence-electron chi connectivity index (χ2n) is 5.16. The Balaban J connectivity index is 1.91. The minimum absolute atomic E-state index is 0.113.